The molecule has 0 radical (unpaired) electrons. The number of benzene rings is 1. The highest BCUT2D eigenvalue weighted by molar-refractivity contribution is 7.15. The Bertz CT molecular complexity index is 479. The van der Waals surface area contributed by atoms with Crippen molar-refractivity contribution in [3.63, 3.8) is 0 Å². The smallest absolute Gasteiger partial charge is 0.123 e. The fraction of sp³-hybridized carbons (Fsp3) is 0.308. The van der Waals surface area contributed by atoms with Gasteiger partial charge in [0, 0.05) is 21.7 Å². The number of hydrogen-bond donors (Lipinski definition) is 0. The van der Waals surface area contributed by atoms with Crippen LogP contribution in [0.2, 0.25) is 5.02 Å². The Balaban J connectivity index is 2.35. The predicted molar refractivity (Wildman–Crippen MR) is 71.3 cm³/mol. The van der Waals surface area contributed by atoms with Crippen molar-refractivity contribution in [2.75, 3.05) is 0 Å². The van der Waals surface area contributed by atoms with Gasteiger partial charge in [-0.05, 0) is 17.5 Å². The molecule has 0 aliphatic rings. The van der Waals surface area contributed by atoms with Crippen molar-refractivity contribution in [2.45, 2.75) is 26.2 Å². The SMILES string of the molecule is CC(C)(C)c1cnc(-c2ccc(Cl)cc2)s1. The number of hydrogen-bond acceptors (Lipinski definition) is 2. The Morgan fingerprint density at radius 3 is 2.25 bits per heavy atom. The van der Waals surface area contributed by atoms with Crippen LogP contribution in [0, 0.1) is 0 Å². The van der Waals surface area contributed by atoms with Gasteiger partial charge in [0.2, 0.25) is 0 Å². The maximum Gasteiger partial charge on any atom is 0.123 e. The van der Waals surface area contributed by atoms with Crippen LogP contribution in [0.25, 0.3) is 10.6 Å². The lowest BCUT2D eigenvalue weighted by molar-refractivity contribution is 0.602. The summed E-state index contributed by atoms with van der Waals surface area (Å²) in [5.74, 6) is 0. The summed E-state index contributed by atoms with van der Waals surface area (Å²) in [5.41, 5.74) is 1.30. The van der Waals surface area contributed by atoms with Crippen LogP contribution in [-0.2, 0) is 5.41 Å². The molecule has 1 aromatic carbocycles. The minimum Gasteiger partial charge on any atom is -0.244 e. The zero-order valence-corrected chi connectivity index (χ0v) is 11.2. The first kappa shape index (κ1) is 11.6. The number of nitrogens with zero attached hydrogens (tertiary/aromatic N) is 1. The molecule has 2 rings (SSSR count). The van der Waals surface area contributed by atoms with E-state index in [1.165, 1.54) is 4.88 Å². The Morgan fingerprint density at radius 2 is 1.75 bits per heavy atom. The van der Waals surface area contributed by atoms with Gasteiger partial charge in [0.25, 0.3) is 0 Å². The van der Waals surface area contributed by atoms with Gasteiger partial charge in [-0.3, -0.25) is 0 Å². The van der Waals surface area contributed by atoms with Crippen molar-refractivity contribution >= 4 is 22.9 Å². The van der Waals surface area contributed by atoms with Crippen LogP contribution in [0.5, 0.6) is 0 Å². The Hall–Kier alpha value is -0.860. The third kappa shape index (κ3) is 2.45. The molecular formula is C13H14ClNS. The van der Waals surface area contributed by atoms with E-state index in [9.17, 15) is 0 Å². The van der Waals surface area contributed by atoms with E-state index in [2.05, 4.69) is 25.8 Å². The fourth-order valence-electron chi connectivity index (χ4n) is 1.35. The lowest BCUT2D eigenvalue weighted by Crippen LogP contribution is -2.07. The molecule has 0 unspecified atom stereocenters. The van der Waals surface area contributed by atoms with Gasteiger partial charge in [-0.15, -0.1) is 11.3 Å². The van der Waals surface area contributed by atoms with Gasteiger partial charge in [0.05, 0.1) is 0 Å². The molecule has 2 aromatic rings. The normalized spacial score (nSPS) is 11.8. The molecule has 1 nitrogen and oxygen atoms in total. The highest BCUT2D eigenvalue weighted by atomic mass is 35.5. The maximum absolute atomic E-state index is 5.86. The van der Waals surface area contributed by atoms with Gasteiger partial charge in [0.1, 0.15) is 5.01 Å². The molecule has 84 valence electrons. The van der Waals surface area contributed by atoms with E-state index in [0.29, 0.717) is 0 Å². The van der Waals surface area contributed by atoms with Crippen LogP contribution >= 0.6 is 22.9 Å². The second kappa shape index (κ2) is 4.19. The van der Waals surface area contributed by atoms with E-state index in [0.717, 1.165) is 15.6 Å². The minimum absolute atomic E-state index is 0.169. The first-order valence-electron chi connectivity index (χ1n) is 5.19. The quantitative estimate of drug-likeness (QED) is 0.712. The molecule has 0 bridgehead atoms. The maximum atomic E-state index is 5.86. The second-order valence-electron chi connectivity index (χ2n) is 4.79. The molecule has 0 atom stereocenters. The van der Waals surface area contributed by atoms with E-state index in [1.54, 1.807) is 11.3 Å². The van der Waals surface area contributed by atoms with Crippen molar-refractivity contribution in [3.05, 3.63) is 40.4 Å². The number of aromatic nitrogens is 1. The molecule has 0 amide bonds. The van der Waals surface area contributed by atoms with E-state index in [4.69, 9.17) is 11.6 Å². The summed E-state index contributed by atoms with van der Waals surface area (Å²) >= 11 is 7.60. The van der Waals surface area contributed by atoms with E-state index in [1.807, 2.05) is 30.5 Å². The van der Waals surface area contributed by atoms with Crippen LogP contribution in [0.4, 0.5) is 0 Å². The third-order valence-electron chi connectivity index (χ3n) is 2.34. The molecule has 1 heterocycles. The zero-order valence-electron chi connectivity index (χ0n) is 9.62. The molecule has 0 fully saturated rings. The molecule has 3 heteroatoms. The first-order valence-corrected chi connectivity index (χ1v) is 6.38. The average Bonchev–Trinajstić information content (AvgIpc) is 2.67. The van der Waals surface area contributed by atoms with Crippen LogP contribution in [0.1, 0.15) is 25.6 Å². The molecule has 1 aromatic heterocycles. The molecule has 0 saturated carbocycles. The highest BCUT2D eigenvalue weighted by Crippen LogP contribution is 2.32. The zero-order chi connectivity index (χ0) is 11.8. The van der Waals surface area contributed by atoms with Gasteiger partial charge in [-0.1, -0.05) is 44.5 Å². The number of rotatable bonds is 1. The van der Waals surface area contributed by atoms with E-state index in [-0.39, 0.29) is 5.41 Å². The molecule has 16 heavy (non-hydrogen) atoms. The summed E-state index contributed by atoms with van der Waals surface area (Å²) in [5, 5.41) is 1.82. The fourth-order valence-corrected chi connectivity index (χ4v) is 2.45. The summed E-state index contributed by atoms with van der Waals surface area (Å²) in [4.78, 5) is 5.76. The molecule has 0 saturated heterocycles. The number of halogens is 1. The first-order chi connectivity index (χ1) is 7.47. The van der Waals surface area contributed by atoms with Crippen LogP contribution in [0.15, 0.2) is 30.5 Å². The second-order valence-corrected chi connectivity index (χ2v) is 6.25. The summed E-state index contributed by atoms with van der Waals surface area (Å²) in [7, 11) is 0. The summed E-state index contributed by atoms with van der Waals surface area (Å²) in [6.45, 7) is 6.60. The summed E-state index contributed by atoms with van der Waals surface area (Å²) < 4.78 is 0. The van der Waals surface area contributed by atoms with Crippen LogP contribution < -0.4 is 0 Å². The lowest BCUT2D eigenvalue weighted by atomic mass is 9.96. The standard InChI is InChI=1S/C13H14ClNS/c1-13(2,3)11-8-15-12(16-11)9-4-6-10(14)7-5-9/h4-8H,1-3H3. The molecule has 0 aliphatic carbocycles. The van der Waals surface area contributed by atoms with Crippen molar-refractivity contribution in [1.82, 2.24) is 4.98 Å². The van der Waals surface area contributed by atoms with Gasteiger partial charge < -0.3 is 0 Å². The van der Waals surface area contributed by atoms with E-state index >= 15 is 0 Å². The molecule has 0 spiro atoms. The topological polar surface area (TPSA) is 12.9 Å². The average molecular weight is 252 g/mol. The summed E-state index contributed by atoms with van der Waals surface area (Å²) in [6.07, 6.45) is 1.97. The van der Waals surface area contributed by atoms with Gasteiger partial charge >= 0.3 is 0 Å². The molecule has 0 aliphatic heterocycles. The highest BCUT2D eigenvalue weighted by Gasteiger charge is 2.17. The largest absolute Gasteiger partial charge is 0.244 e. The third-order valence-corrected chi connectivity index (χ3v) is 4.06. The molecule has 0 N–H and O–H groups in total. The van der Waals surface area contributed by atoms with E-state index < -0.39 is 0 Å². The van der Waals surface area contributed by atoms with Crippen LogP contribution in [-0.4, -0.2) is 4.98 Å². The van der Waals surface area contributed by atoms with Gasteiger partial charge in [0.15, 0.2) is 0 Å². The van der Waals surface area contributed by atoms with Crippen molar-refractivity contribution < 1.29 is 0 Å². The van der Waals surface area contributed by atoms with Crippen molar-refractivity contribution in [2.24, 2.45) is 0 Å². The Morgan fingerprint density at radius 1 is 1.12 bits per heavy atom. The Labute approximate surface area is 105 Å². The van der Waals surface area contributed by atoms with Gasteiger partial charge in [-0.25, -0.2) is 4.98 Å². The van der Waals surface area contributed by atoms with Crippen molar-refractivity contribution in [1.29, 1.82) is 0 Å². The predicted octanol–water partition coefficient (Wildman–Crippen LogP) is 4.76. The monoisotopic (exact) mass is 251 g/mol. The molecular weight excluding hydrogens is 238 g/mol. The minimum atomic E-state index is 0.169. The lowest BCUT2D eigenvalue weighted by Gasteiger charge is -2.14. The number of thiazole rings is 1. The van der Waals surface area contributed by atoms with Crippen LogP contribution in [0.3, 0.4) is 0 Å². The summed E-state index contributed by atoms with van der Waals surface area (Å²) in [6, 6.07) is 7.81. The van der Waals surface area contributed by atoms with Gasteiger partial charge in [-0.2, -0.15) is 0 Å². The Kier molecular flexibility index (Phi) is 3.04. The van der Waals surface area contributed by atoms with Crippen molar-refractivity contribution in [3.8, 4) is 10.6 Å².